The van der Waals surface area contributed by atoms with Gasteiger partial charge in [-0.05, 0) is 31.0 Å². The summed E-state index contributed by atoms with van der Waals surface area (Å²) in [6.45, 7) is 5.72. The molecule has 0 saturated heterocycles. The highest BCUT2D eigenvalue weighted by atomic mass is 32.2. The van der Waals surface area contributed by atoms with Crippen molar-refractivity contribution in [2.45, 2.75) is 38.1 Å². The second-order valence-electron chi connectivity index (χ2n) is 5.04. The molecule has 0 saturated carbocycles. The molecule has 2 atom stereocenters. The van der Waals surface area contributed by atoms with Crippen LogP contribution < -0.4 is 10.5 Å². The topological polar surface area (TPSA) is 98.5 Å². The molecule has 2 unspecified atom stereocenters. The van der Waals surface area contributed by atoms with Crippen LogP contribution in [-0.2, 0) is 14.8 Å². The minimum atomic E-state index is -3.85. The van der Waals surface area contributed by atoms with Crippen LogP contribution in [0.5, 0.6) is 0 Å². The SMILES string of the molecule is CCC(C)C(C)NS(=O)(=O)c1cc(N)ccc1C(=O)OC. The third-order valence-electron chi connectivity index (χ3n) is 3.54. The lowest BCUT2D eigenvalue weighted by Gasteiger charge is -2.20. The maximum Gasteiger partial charge on any atom is 0.339 e. The van der Waals surface area contributed by atoms with Gasteiger partial charge in [-0.15, -0.1) is 0 Å². The van der Waals surface area contributed by atoms with E-state index in [2.05, 4.69) is 9.46 Å². The first-order valence-electron chi connectivity index (χ1n) is 6.73. The van der Waals surface area contributed by atoms with E-state index in [0.29, 0.717) is 0 Å². The third kappa shape index (κ3) is 4.18. The number of anilines is 1. The Morgan fingerprint density at radius 2 is 2.00 bits per heavy atom. The van der Waals surface area contributed by atoms with Crippen LogP contribution in [0.4, 0.5) is 5.69 Å². The van der Waals surface area contributed by atoms with Gasteiger partial charge in [-0.2, -0.15) is 0 Å². The van der Waals surface area contributed by atoms with Crippen molar-refractivity contribution in [1.82, 2.24) is 4.72 Å². The van der Waals surface area contributed by atoms with Crippen LogP contribution in [0.1, 0.15) is 37.6 Å². The highest BCUT2D eigenvalue weighted by Gasteiger charge is 2.26. The van der Waals surface area contributed by atoms with Crippen molar-refractivity contribution in [2.24, 2.45) is 5.92 Å². The molecule has 21 heavy (non-hydrogen) atoms. The molecule has 0 amide bonds. The minimum Gasteiger partial charge on any atom is -0.465 e. The average Bonchev–Trinajstić information content (AvgIpc) is 2.44. The van der Waals surface area contributed by atoms with Crippen LogP contribution in [0, 0.1) is 5.92 Å². The number of esters is 1. The fourth-order valence-electron chi connectivity index (χ4n) is 1.82. The smallest absolute Gasteiger partial charge is 0.339 e. The predicted octanol–water partition coefficient (Wildman–Crippen LogP) is 1.77. The first-order chi connectivity index (χ1) is 9.72. The first-order valence-corrected chi connectivity index (χ1v) is 8.21. The highest BCUT2D eigenvalue weighted by Crippen LogP contribution is 2.21. The lowest BCUT2D eigenvalue weighted by atomic mass is 10.0. The number of carbonyl (C=O) groups is 1. The zero-order chi connectivity index (χ0) is 16.2. The Morgan fingerprint density at radius 3 is 2.52 bits per heavy atom. The molecule has 1 rings (SSSR count). The van der Waals surface area contributed by atoms with Crippen molar-refractivity contribution in [3.63, 3.8) is 0 Å². The van der Waals surface area contributed by atoms with Gasteiger partial charge in [-0.25, -0.2) is 17.9 Å². The van der Waals surface area contributed by atoms with Crippen molar-refractivity contribution in [3.8, 4) is 0 Å². The predicted molar refractivity (Wildman–Crippen MR) is 81.4 cm³/mol. The van der Waals surface area contributed by atoms with E-state index in [-0.39, 0.29) is 28.1 Å². The Balaban J connectivity index is 3.24. The molecule has 0 spiro atoms. The largest absolute Gasteiger partial charge is 0.465 e. The first kappa shape index (κ1) is 17.5. The summed E-state index contributed by atoms with van der Waals surface area (Å²) in [5, 5.41) is 0. The molecule has 3 N–H and O–H groups in total. The van der Waals surface area contributed by atoms with Crippen molar-refractivity contribution >= 4 is 21.7 Å². The molecule has 0 bridgehead atoms. The number of nitrogens with one attached hydrogen (secondary N) is 1. The summed E-state index contributed by atoms with van der Waals surface area (Å²) in [4.78, 5) is 11.6. The summed E-state index contributed by atoms with van der Waals surface area (Å²) in [6, 6.07) is 3.82. The van der Waals surface area contributed by atoms with Gasteiger partial charge in [0.1, 0.15) is 0 Å². The Bertz CT molecular complexity index is 613. The molecule has 7 heteroatoms. The van der Waals surface area contributed by atoms with Gasteiger partial charge in [-0.1, -0.05) is 20.3 Å². The van der Waals surface area contributed by atoms with Crippen LogP contribution in [0.15, 0.2) is 23.1 Å². The molecule has 0 fully saturated rings. The molecule has 0 aliphatic carbocycles. The number of carbonyl (C=O) groups excluding carboxylic acids is 1. The molecule has 0 aliphatic rings. The van der Waals surface area contributed by atoms with Gasteiger partial charge in [0, 0.05) is 11.7 Å². The van der Waals surface area contributed by atoms with Crippen LogP contribution in [-0.4, -0.2) is 27.5 Å². The number of nitrogens with two attached hydrogens (primary N) is 1. The van der Waals surface area contributed by atoms with E-state index in [4.69, 9.17) is 5.73 Å². The molecule has 0 heterocycles. The number of nitrogen functional groups attached to an aromatic ring is 1. The Hall–Kier alpha value is -1.60. The van der Waals surface area contributed by atoms with Gasteiger partial charge in [0.15, 0.2) is 0 Å². The number of ether oxygens (including phenoxy) is 1. The molecule has 1 aromatic carbocycles. The number of rotatable bonds is 6. The van der Waals surface area contributed by atoms with Crippen LogP contribution >= 0.6 is 0 Å². The normalized spacial score (nSPS) is 14.5. The van der Waals surface area contributed by atoms with Crippen molar-refractivity contribution in [1.29, 1.82) is 0 Å². The van der Waals surface area contributed by atoms with Crippen LogP contribution in [0.25, 0.3) is 0 Å². The van der Waals surface area contributed by atoms with Gasteiger partial charge in [0.2, 0.25) is 10.0 Å². The number of benzene rings is 1. The molecule has 1 aromatic rings. The lowest BCUT2D eigenvalue weighted by Crippen LogP contribution is -2.37. The van der Waals surface area contributed by atoms with Crippen LogP contribution in [0.3, 0.4) is 0 Å². The number of methoxy groups -OCH3 is 1. The molecule has 0 aliphatic heterocycles. The fraction of sp³-hybridized carbons (Fsp3) is 0.500. The van der Waals surface area contributed by atoms with Crippen molar-refractivity contribution in [2.75, 3.05) is 12.8 Å². The molecular formula is C14H22N2O4S. The second-order valence-corrected chi connectivity index (χ2v) is 6.73. The van der Waals surface area contributed by atoms with E-state index in [9.17, 15) is 13.2 Å². The number of hydrogen-bond donors (Lipinski definition) is 2. The maximum atomic E-state index is 12.5. The quantitative estimate of drug-likeness (QED) is 0.616. The summed E-state index contributed by atoms with van der Waals surface area (Å²) in [5.41, 5.74) is 5.87. The van der Waals surface area contributed by atoms with Gasteiger partial charge >= 0.3 is 5.97 Å². The van der Waals surface area contributed by atoms with E-state index in [1.807, 2.05) is 13.8 Å². The fourth-order valence-corrected chi connectivity index (χ4v) is 3.40. The summed E-state index contributed by atoms with van der Waals surface area (Å²) in [5.74, 6) is -0.547. The van der Waals surface area contributed by atoms with Gasteiger partial charge < -0.3 is 10.5 Å². The van der Waals surface area contributed by atoms with Crippen LogP contribution in [0.2, 0.25) is 0 Å². The standard InChI is InChI=1S/C14H22N2O4S/c1-5-9(2)10(3)16-21(18,19)13-8-11(15)6-7-12(13)14(17)20-4/h6-10,16H,5,15H2,1-4H3. The van der Waals surface area contributed by atoms with E-state index < -0.39 is 16.0 Å². The van der Waals surface area contributed by atoms with Gasteiger partial charge in [-0.3, -0.25) is 0 Å². The zero-order valence-corrected chi connectivity index (χ0v) is 13.5. The van der Waals surface area contributed by atoms with E-state index in [0.717, 1.165) is 6.42 Å². The highest BCUT2D eigenvalue weighted by molar-refractivity contribution is 7.89. The van der Waals surface area contributed by atoms with Gasteiger partial charge in [0.25, 0.3) is 0 Å². The summed E-state index contributed by atoms with van der Waals surface area (Å²) in [6.07, 6.45) is 0.838. The lowest BCUT2D eigenvalue weighted by molar-refractivity contribution is 0.0596. The Labute approximate surface area is 125 Å². The molecule has 118 valence electrons. The maximum absolute atomic E-state index is 12.5. The minimum absolute atomic E-state index is 0.0319. The van der Waals surface area contributed by atoms with Gasteiger partial charge in [0.05, 0.1) is 17.6 Å². The summed E-state index contributed by atoms with van der Waals surface area (Å²) < 4.78 is 32.2. The average molecular weight is 314 g/mol. The zero-order valence-electron chi connectivity index (χ0n) is 12.7. The second kappa shape index (κ2) is 6.91. The molecule has 0 aromatic heterocycles. The van der Waals surface area contributed by atoms with E-state index in [1.54, 1.807) is 6.92 Å². The molecular weight excluding hydrogens is 292 g/mol. The molecule has 6 nitrogen and oxygen atoms in total. The van der Waals surface area contributed by atoms with Crippen molar-refractivity contribution in [3.05, 3.63) is 23.8 Å². The summed E-state index contributed by atoms with van der Waals surface area (Å²) >= 11 is 0. The number of sulfonamides is 1. The monoisotopic (exact) mass is 314 g/mol. The van der Waals surface area contributed by atoms with Crippen molar-refractivity contribution < 1.29 is 17.9 Å². The van der Waals surface area contributed by atoms with E-state index in [1.165, 1.54) is 25.3 Å². The third-order valence-corrected chi connectivity index (χ3v) is 5.14. The number of hydrogen-bond acceptors (Lipinski definition) is 5. The Kier molecular flexibility index (Phi) is 5.74. The van der Waals surface area contributed by atoms with E-state index >= 15 is 0 Å². The summed E-state index contributed by atoms with van der Waals surface area (Å²) in [7, 11) is -2.66. The molecule has 0 radical (unpaired) electrons. The Morgan fingerprint density at radius 1 is 1.38 bits per heavy atom.